The minimum absolute atomic E-state index is 0.00747. The van der Waals surface area contributed by atoms with E-state index in [4.69, 9.17) is 9.47 Å². The number of H-pyrrole nitrogens is 1. The van der Waals surface area contributed by atoms with Crippen LogP contribution in [0.1, 0.15) is 43.0 Å². The van der Waals surface area contributed by atoms with Crippen LogP contribution in [-0.2, 0) is 10.3 Å². The molecule has 1 amide bonds. The number of aromatic amines is 1. The first-order valence-electron chi connectivity index (χ1n) is 8.71. The van der Waals surface area contributed by atoms with Crippen LogP contribution >= 0.6 is 0 Å². The lowest BCUT2D eigenvalue weighted by atomic mass is 9.76. The first-order chi connectivity index (χ1) is 12.3. The summed E-state index contributed by atoms with van der Waals surface area (Å²) in [6.45, 7) is 1.15. The monoisotopic (exact) mass is 341 g/mol. The standard InChI is InChI=1S/C17H19N5O3/c23-15(18-17(4-1-5-17)16-19-21-22-20-16)12-9-11(12)10-2-3-13-14(8-10)25-7-6-24-13/h2-3,8,11-12H,1,4-7,9H2,(H,18,23)(H,19,20,21,22). The Bertz CT molecular complexity index is 803. The third-order valence-electron chi connectivity index (χ3n) is 5.46. The lowest BCUT2D eigenvalue weighted by molar-refractivity contribution is -0.125. The van der Waals surface area contributed by atoms with Crippen molar-refractivity contribution in [2.24, 2.45) is 5.92 Å². The van der Waals surface area contributed by atoms with Crippen LogP contribution in [0, 0.1) is 5.92 Å². The molecule has 0 radical (unpaired) electrons. The maximum absolute atomic E-state index is 12.7. The molecule has 1 aromatic carbocycles. The molecule has 2 heterocycles. The van der Waals surface area contributed by atoms with E-state index in [1.807, 2.05) is 18.2 Å². The number of ether oxygens (including phenoxy) is 2. The number of carbonyl (C=O) groups is 1. The molecule has 2 fully saturated rings. The number of fused-ring (bicyclic) bond motifs is 1. The SMILES string of the molecule is O=C(NC1(c2nn[nH]n2)CCC1)C1CC1c1ccc2c(c1)OCCO2. The summed E-state index contributed by atoms with van der Waals surface area (Å²) in [6.07, 6.45) is 3.64. The molecule has 8 heteroatoms. The van der Waals surface area contributed by atoms with Gasteiger partial charge in [-0.25, -0.2) is 0 Å². The summed E-state index contributed by atoms with van der Waals surface area (Å²) in [5.74, 6) is 2.44. The second kappa shape index (κ2) is 5.44. The Kier molecular flexibility index (Phi) is 3.19. The zero-order valence-corrected chi connectivity index (χ0v) is 13.7. The van der Waals surface area contributed by atoms with Crippen molar-refractivity contribution >= 4 is 5.91 Å². The zero-order valence-electron chi connectivity index (χ0n) is 13.7. The van der Waals surface area contributed by atoms with Crippen molar-refractivity contribution in [2.75, 3.05) is 13.2 Å². The quantitative estimate of drug-likeness (QED) is 0.868. The molecular weight excluding hydrogens is 322 g/mol. The Balaban J connectivity index is 1.29. The first-order valence-corrected chi connectivity index (χ1v) is 8.71. The predicted octanol–water partition coefficient (Wildman–Crippen LogP) is 1.27. The summed E-state index contributed by atoms with van der Waals surface area (Å²) in [5.41, 5.74) is 0.691. The van der Waals surface area contributed by atoms with Crippen molar-refractivity contribution in [2.45, 2.75) is 37.1 Å². The molecule has 130 valence electrons. The van der Waals surface area contributed by atoms with Crippen molar-refractivity contribution in [3.05, 3.63) is 29.6 Å². The molecule has 3 aliphatic rings. The molecule has 5 rings (SSSR count). The van der Waals surface area contributed by atoms with Crippen molar-refractivity contribution in [1.29, 1.82) is 0 Å². The largest absolute Gasteiger partial charge is 0.486 e. The number of amides is 1. The van der Waals surface area contributed by atoms with Gasteiger partial charge in [-0.05, 0) is 49.3 Å². The van der Waals surface area contributed by atoms with E-state index < -0.39 is 5.54 Å². The minimum atomic E-state index is -0.440. The van der Waals surface area contributed by atoms with E-state index in [1.165, 1.54) is 0 Å². The Morgan fingerprint density at radius 3 is 2.80 bits per heavy atom. The zero-order chi connectivity index (χ0) is 16.9. The number of hydrogen-bond acceptors (Lipinski definition) is 6. The van der Waals surface area contributed by atoms with Gasteiger partial charge in [0.05, 0.1) is 0 Å². The Morgan fingerprint density at radius 1 is 1.24 bits per heavy atom. The van der Waals surface area contributed by atoms with Crippen LogP contribution in [0.25, 0.3) is 0 Å². The normalized spacial score (nSPS) is 25.8. The molecule has 0 saturated heterocycles. The molecule has 2 atom stereocenters. The smallest absolute Gasteiger partial charge is 0.224 e. The number of rotatable bonds is 4. The second-order valence-corrected chi connectivity index (χ2v) is 7.01. The molecule has 1 aliphatic heterocycles. The number of benzene rings is 1. The molecule has 2 saturated carbocycles. The Hall–Kier alpha value is -2.64. The second-order valence-electron chi connectivity index (χ2n) is 7.01. The van der Waals surface area contributed by atoms with Crippen LogP contribution in [0.4, 0.5) is 0 Å². The van der Waals surface area contributed by atoms with Crippen LogP contribution in [0.15, 0.2) is 18.2 Å². The molecule has 2 aromatic rings. The highest BCUT2D eigenvalue weighted by Crippen LogP contribution is 2.50. The van der Waals surface area contributed by atoms with E-state index in [-0.39, 0.29) is 17.7 Å². The van der Waals surface area contributed by atoms with Gasteiger partial charge in [-0.1, -0.05) is 11.3 Å². The van der Waals surface area contributed by atoms with E-state index in [1.54, 1.807) is 0 Å². The maximum Gasteiger partial charge on any atom is 0.224 e. The third kappa shape index (κ3) is 2.43. The lowest BCUT2D eigenvalue weighted by Crippen LogP contribution is -2.52. The van der Waals surface area contributed by atoms with Crippen LogP contribution in [0.3, 0.4) is 0 Å². The first kappa shape index (κ1) is 14.7. The summed E-state index contributed by atoms with van der Waals surface area (Å²) in [7, 11) is 0. The van der Waals surface area contributed by atoms with Gasteiger partial charge in [0.25, 0.3) is 0 Å². The average Bonchev–Trinajstić information content (AvgIpc) is 3.23. The van der Waals surface area contributed by atoms with Gasteiger partial charge in [-0.2, -0.15) is 5.21 Å². The van der Waals surface area contributed by atoms with Gasteiger partial charge >= 0.3 is 0 Å². The summed E-state index contributed by atoms with van der Waals surface area (Å²) >= 11 is 0. The summed E-state index contributed by atoms with van der Waals surface area (Å²) in [5, 5.41) is 17.4. The van der Waals surface area contributed by atoms with E-state index in [9.17, 15) is 4.79 Å². The Morgan fingerprint density at radius 2 is 2.08 bits per heavy atom. The molecule has 1 aromatic heterocycles. The van der Waals surface area contributed by atoms with Gasteiger partial charge in [-0.15, -0.1) is 10.2 Å². The highest BCUT2D eigenvalue weighted by molar-refractivity contribution is 5.83. The molecule has 25 heavy (non-hydrogen) atoms. The molecule has 2 aliphatic carbocycles. The fraction of sp³-hybridized carbons (Fsp3) is 0.529. The van der Waals surface area contributed by atoms with Crippen LogP contribution in [-0.4, -0.2) is 39.7 Å². The van der Waals surface area contributed by atoms with E-state index in [0.29, 0.717) is 19.0 Å². The van der Waals surface area contributed by atoms with Gasteiger partial charge in [0.2, 0.25) is 5.91 Å². The average molecular weight is 341 g/mol. The van der Waals surface area contributed by atoms with E-state index >= 15 is 0 Å². The Labute approximate surface area is 144 Å². The number of nitrogens with one attached hydrogen (secondary N) is 2. The van der Waals surface area contributed by atoms with Gasteiger partial charge in [-0.3, -0.25) is 4.79 Å². The van der Waals surface area contributed by atoms with Crippen molar-refractivity contribution in [1.82, 2.24) is 25.9 Å². The van der Waals surface area contributed by atoms with Crippen LogP contribution in [0.5, 0.6) is 11.5 Å². The van der Waals surface area contributed by atoms with Gasteiger partial charge in [0.15, 0.2) is 17.3 Å². The van der Waals surface area contributed by atoms with E-state index in [2.05, 4.69) is 25.9 Å². The lowest BCUT2D eigenvalue weighted by Gasteiger charge is -2.39. The number of carbonyl (C=O) groups excluding carboxylic acids is 1. The predicted molar refractivity (Wildman–Crippen MR) is 86.1 cm³/mol. The molecule has 2 N–H and O–H groups in total. The van der Waals surface area contributed by atoms with Gasteiger partial charge in [0.1, 0.15) is 18.8 Å². The third-order valence-corrected chi connectivity index (χ3v) is 5.46. The summed E-state index contributed by atoms with van der Waals surface area (Å²) < 4.78 is 11.2. The van der Waals surface area contributed by atoms with Gasteiger partial charge < -0.3 is 14.8 Å². The topological polar surface area (TPSA) is 102 Å². The van der Waals surface area contributed by atoms with Crippen molar-refractivity contribution < 1.29 is 14.3 Å². The number of tetrazole rings is 1. The highest BCUT2D eigenvalue weighted by atomic mass is 16.6. The number of nitrogens with zero attached hydrogens (tertiary/aromatic N) is 3. The van der Waals surface area contributed by atoms with E-state index in [0.717, 1.165) is 42.7 Å². The minimum Gasteiger partial charge on any atom is -0.486 e. The van der Waals surface area contributed by atoms with Crippen LogP contribution in [0.2, 0.25) is 0 Å². The highest BCUT2D eigenvalue weighted by Gasteiger charge is 2.50. The summed E-state index contributed by atoms with van der Waals surface area (Å²) in [6, 6.07) is 5.97. The molecule has 0 spiro atoms. The fourth-order valence-corrected chi connectivity index (χ4v) is 3.77. The fourth-order valence-electron chi connectivity index (χ4n) is 3.77. The molecule has 2 unspecified atom stereocenters. The number of hydrogen-bond donors (Lipinski definition) is 2. The number of aromatic nitrogens is 4. The summed E-state index contributed by atoms with van der Waals surface area (Å²) in [4.78, 5) is 12.7. The molecule has 8 nitrogen and oxygen atoms in total. The van der Waals surface area contributed by atoms with Crippen LogP contribution < -0.4 is 14.8 Å². The molecular formula is C17H19N5O3. The van der Waals surface area contributed by atoms with Crippen molar-refractivity contribution in [3.63, 3.8) is 0 Å². The van der Waals surface area contributed by atoms with Crippen molar-refractivity contribution in [3.8, 4) is 11.5 Å². The molecule has 0 bridgehead atoms. The maximum atomic E-state index is 12.7. The van der Waals surface area contributed by atoms with Gasteiger partial charge in [0, 0.05) is 5.92 Å².